The Morgan fingerprint density at radius 1 is 1.10 bits per heavy atom. The fourth-order valence-corrected chi connectivity index (χ4v) is 2.98. The van der Waals surface area contributed by atoms with E-state index in [-0.39, 0.29) is 17.5 Å². The molecule has 0 amide bonds. The van der Waals surface area contributed by atoms with Crippen LogP contribution >= 0.6 is 0 Å². The lowest BCUT2D eigenvalue weighted by Crippen LogP contribution is -2.19. The molecule has 1 aromatic heterocycles. The molecular weight excluding hydrogens is 411 g/mol. The Morgan fingerprint density at radius 3 is 2.29 bits per heavy atom. The molecule has 3 rings (SSSR count). The monoisotopic (exact) mass is 431 g/mol. The first-order valence-electron chi connectivity index (χ1n) is 9.47. The van der Waals surface area contributed by atoms with E-state index in [1.165, 1.54) is 36.2 Å². The molecule has 0 fully saturated rings. The summed E-state index contributed by atoms with van der Waals surface area (Å²) < 4.78 is 40.7. The van der Waals surface area contributed by atoms with Crippen LogP contribution in [0.3, 0.4) is 0 Å². The van der Waals surface area contributed by atoms with Gasteiger partial charge in [-0.25, -0.2) is 4.98 Å². The maximum atomic E-state index is 13.6. The van der Waals surface area contributed by atoms with Crippen LogP contribution in [0.15, 0.2) is 54.7 Å². The molecule has 0 radical (unpaired) electrons. The predicted octanol–water partition coefficient (Wildman–Crippen LogP) is 5.87. The van der Waals surface area contributed by atoms with Gasteiger partial charge in [0.2, 0.25) is 5.95 Å². The van der Waals surface area contributed by atoms with Crippen molar-refractivity contribution in [2.24, 2.45) is 0 Å². The van der Waals surface area contributed by atoms with Crippen molar-refractivity contribution in [1.29, 1.82) is 0 Å². The number of halogens is 3. The number of anilines is 4. The lowest BCUT2D eigenvalue weighted by molar-refractivity contribution is -0.384. The van der Waals surface area contributed by atoms with Crippen LogP contribution in [0.4, 0.5) is 42.0 Å². The Bertz CT molecular complexity index is 1050. The first-order chi connectivity index (χ1) is 14.7. The molecule has 31 heavy (non-hydrogen) atoms. The van der Waals surface area contributed by atoms with Crippen molar-refractivity contribution in [3.05, 3.63) is 76.0 Å². The lowest BCUT2D eigenvalue weighted by atomic mass is 10.1. The minimum Gasteiger partial charge on any atom is -0.329 e. The standard InChI is InChI=1S/C21H20F3N5O2/c1-3-4-14-5-7-15(8-6-14)26-20-25-13-18(21(22,23)24)19(27-20)28(2)16-9-11-17(12-10-16)29(30)31/h5-13H,3-4H2,1-2H3,(H,25,26,27). The molecule has 2 aromatic carbocycles. The Hall–Kier alpha value is -3.69. The van der Waals surface area contributed by atoms with E-state index in [1.54, 1.807) is 0 Å². The molecule has 7 nitrogen and oxygen atoms in total. The smallest absolute Gasteiger partial charge is 0.329 e. The summed E-state index contributed by atoms with van der Waals surface area (Å²) in [5, 5.41) is 13.7. The van der Waals surface area contributed by atoms with Crippen LogP contribution in [0.2, 0.25) is 0 Å². The highest BCUT2D eigenvalue weighted by atomic mass is 19.4. The summed E-state index contributed by atoms with van der Waals surface area (Å²) in [6.45, 7) is 2.07. The van der Waals surface area contributed by atoms with E-state index in [1.807, 2.05) is 24.3 Å². The van der Waals surface area contributed by atoms with Crippen LogP contribution in [-0.2, 0) is 12.6 Å². The van der Waals surface area contributed by atoms with Crippen molar-refractivity contribution in [3.8, 4) is 0 Å². The van der Waals surface area contributed by atoms with E-state index in [0.717, 1.165) is 24.6 Å². The maximum Gasteiger partial charge on any atom is 0.421 e. The van der Waals surface area contributed by atoms with Gasteiger partial charge in [-0.3, -0.25) is 10.1 Å². The first-order valence-corrected chi connectivity index (χ1v) is 9.47. The average Bonchev–Trinajstić information content (AvgIpc) is 2.74. The molecule has 0 saturated carbocycles. The molecule has 0 aliphatic heterocycles. The number of nitrogens with zero attached hydrogens (tertiary/aromatic N) is 4. The van der Waals surface area contributed by atoms with Gasteiger partial charge in [0.05, 0.1) is 4.92 Å². The van der Waals surface area contributed by atoms with Gasteiger partial charge < -0.3 is 10.2 Å². The summed E-state index contributed by atoms with van der Waals surface area (Å²) in [5.74, 6) is -0.374. The molecule has 1 heterocycles. The molecule has 0 unspecified atom stereocenters. The maximum absolute atomic E-state index is 13.6. The second-order valence-corrected chi connectivity index (χ2v) is 6.83. The van der Waals surface area contributed by atoms with E-state index in [0.29, 0.717) is 11.4 Å². The number of aryl methyl sites for hydroxylation is 1. The Kier molecular flexibility index (Phi) is 6.38. The SMILES string of the molecule is CCCc1ccc(Nc2ncc(C(F)(F)F)c(N(C)c3ccc([N+](=O)[O-])cc3)n2)cc1. The van der Waals surface area contributed by atoms with Crippen LogP contribution in [0.5, 0.6) is 0 Å². The van der Waals surface area contributed by atoms with Crippen molar-refractivity contribution >= 4 is 28.8 Å². The predicted molar refractivity (Wildman–Crippen MR) is 112 cm³/mol. The van der Waals surface area contributed by atoms with E-state index in [4.69, 9.17) is 0 Å². The van der Waals surface area contributed by atoms with Crippen molar-refractivity contribution < 1.29 is 18.1 Å². The third-order valence-corrected chi connectivity index (χ3v) is 4.59. The van der Waals surface area contributed by atoms with Gasteiger partial charge in [-0.15, -0.1) is 0 Å². The summed E-state index contributed by atoms with van der Waals surface area (Å²) in [6.07, 6.45) is -2.02. The molecular formula is C21H20F3N5O2. The Labute approximate surface area is 176 Å². The zero-order chi connectivity index (χ0) is 22.6. The fourth-order valence-electron chi connectivity index (χ4n) is 2.98. The number of aromatic nitrogens is 2. The van der Waals surface area contributed by atoms with Crippen molar-refractivity contribution in [3.63, 3.8) is 0 Å². The third kappa shape index (κ3) is 5.27. The van der Waals surface area contributed by atoms with E-state index >= 15 is 0 Å². The zero-order valence-corrected chi connectivity index (χ0v) is 16.8. The zero-order valence-electron chi connectivity index (χ0n) is 16.8. The second kappa shape index (κ2) is 8.99. The van der Waals surface area contributed by atoms with Crippen LogP contribution in [0.25, 0.3) is 0 Å². The highest BCUT2D eigenvalue weighted by Gasteiger charge is 2.36. The number of benzene rings is 2. The molecule has 0 atom stereocenters. The van der Waals surface area contributed by atoms with Crippen LogP contribution < -0.4 is 10.2 Å². The van der Waals surface area contributed by atoms with E-state index in [2.05, 4.69) is 22.2 Å². The third-order valence-electron chi connectivity index (χ3n) is 4.59. The average molecular weight is 431 g/mol. The second-order valence-electron chi connectivity index (χ2n) is 6.83. The van der Waals surface area contributed by atoms with Gasteiger partial charge in [-0.2, -0.15) is 18.2 Å². The number of non-ortho nitro benzene ring substituents is 1. The van der Waals surface area contributed by atoms with Gasteiger partial charge in [0.15, 0.2) is 5.82 Å². The van der Waals surface area contributed by atoms with Crippen LogP contribution in [0, 0.1) is 10.1 Å². The summed E-state index contributed by atoms with van der Waals surface area (Å²) in [6, 6.07) is 12.6. The molecule has 0 aliphatic rings. The summed E-state index contributed by atoms with van der Waals surface area (Å²) >= 11 is 0. The van der Waals surface area contributed by atoms with Crippen LogP contribution in [-0.4, -0.2) is 21.9 Å². The summed E-state index contributed by atoms with van der Waals surface area (Å²) in [5.41, 5.74) is 0.926. The number of alkyl halides is 3. The topological polar surface area (TPSA) is 84.2 Å². The normalized spacial score (nSPS) is 11.3. The molecule has 0 spiro atoms. The molecule has 162 valence electrons. The van der Waals surface area contributed by atoms with Gasteiger partial charge in [-0.1, -0.05) is 25.5 Å². The van der Waals surface area contributed by atoms with Crippen molar-refractivity contribution in [1.82, 2.24) is 9.97 Å². The van der Waals surface area contributed by atoms with E-state index < -0.39 is 16.7 Å². The number of hydrogen-bond donors (Lipinski definition) is 1. The molecule has 1 N–H and O–H groups in total. The van der Waals surface area contributed by atoms with Gasteiger partial charge in [0, 0.05) is 36.8 Å². The molecule has 3 aromatic rings. The molecule has 0 aliphatic carbocycles. The van der Waals surface area contributed by atoms with Gasteiger partial charge in [0.25, 0.3) is 5.69 Å². The Balaban J connectivity index is 1.94. The lowest BCUT2D eigenvalue weighted by Gasteiger charge is -2.22. The number of rotatable bonds is 7. The minimum atomic E-state index is -4.68. The van der Waals surface area contributed by atoms with Gasteiger partial charge >= 0.3 is 6.18 Å². The summed E-state index contributed by atoms with van der Waals surface area (Å²) in [7, 11) is 1.40. The molecule has 0 bridgehead atoms. The van der Waals surface area contributed by atoms with Crippen molar-refractivity contribution in [2.75, 3.05) is 17.3 Å². The highest BCUT2D eigenvalue weighted by molar-refractivity contribution is 5.66. The minimum absolute atomic E-state index is 0.00000297. The largest absolute Gasteiger partial charge is 0.421 e. The quantitative estimate of drug-likeness (QED) is 0.372. The van der Waals surface area contributed by atoms with E-state index in [9.17, 15) is 23.3 Å². The molecule has 10 heteroatoms. The molecule has 0 saturated heterocycles. The van der Waals surface area contributed by atoms with Crippen LogP contribution in [0.1, 0.15) is 24.5 Å². The highest BCUT2D eigenvalue weighted by Crippen LogP contribution is 2.38. The number of hydrogen-bond acceptors (Lipinski definition) is 6. The number of nitrogens with one attached hydrogen (secondary N) is 1. The van der Waals surface area contributed by atoms with Crippen molar-refractivity contribution in [2.45, 2.75) is 25.9 Å². The first kappa shape index (κ1) is 22.0. The Morgan fingerprint density at radius 2 is 1.74 bits per heavy atom. The number of nitro groups is 1. The summed E-state index contributed by atoms with van der Waals surface area (Å²) in [4.78, 5) is 19.4. The van der Waals surface area contributed by atoms with Gasteiger partial charge in [0.1, 0.15) is 5.56 Å². The van der Waals surface area contributed by atoms with Gasteiger partial charge in [-0.05, 0) is 36.2 Å². The number of nitro benzene ring substituents is 1. The fraction of sp³-hybridized carbons (Fsp3) is 0.238.